The predicted molar refractivity (Wildman–Crippen MR) is 140 cm³/mol. The van der Waals surface area contributed by atoms with Crippen LogP contribution in [-0.2, 0) is 6.54 Å². The van der Waals surface area contributed by atoms with Gasteiger partial charge in [-0.25, -0.2) is 9.97 Å². The van der Waals surface area contributed by atoms with E-state index in [-0.39, 0.29) is 5.91 Å². The van der Waals surface area contributed by atoms with Crippen LogP contribution in [0.1, 0.15) is 15.2 Å². The molecule has 172 valence electrons. The summed E-state index contributed by atoms with van der Waals surface area (Å²) < 4.78 is 2.07. The van der Waals surface area contributed by atoms with Gasteiger partial charge in [0.15, 0.2) is 5.13 Å². The molecule has 0 spiro atoms. The van der Waals surface area contributed by atoms with Crippen molar-refractivity contribution < 1.29 is 4.79 Å². The lowest BCUT2D eigenvalue weighted by Crippen LogP contribution is -2.11. The predicted octanol–water partition coefficient (Wildman–Crippen LogP) is 5.16. The van der Waals surface area contributed by atoms with E-state index in [9.17, 15) is 4.79 Å². The van der Waals surface area contributed by atoms with Crippen LogP contribution >= 0.6 is 22.7 Å². The molecular formula is C24H23N7OS2. The van der Waals surface area contributed by atoms with E-state index in [1.165, 1.54) is 28.2 Å². The number of benzene rings is 1. The van der Waals surface area contributed by atoms with E-state index in [1.807, 2.05) is 49.9 Å². The minimum Gasteiger partial charge on any atom is -0.397 e. The van der Waals surface area contributed by atoms with Gasteiger partial charge in [0.2, 0.25) is 0 Å². The standard InChI is InChI=1S/C24H23N7OS2/c1-30(2)12-15-7-9-21-26-11-19(31(21)13-15)18-14-33-24(28-18)29-22-10-8-20(34-22)23(32)27-17-6-4-3-5-16(17)25/h3-11,13-14H,12,25H2,1-2H3,(H,27,32)(H,28,29). The maximum absolute atomic E-state index is 12.6. The third-order valence-electron chi connectivity index (χ3n) is 5.10. The molecule has 8 nitrogen and oxygen atoms in total. The Morgan fingerprint density at radius 2 is 2.00 bits per heavy atom. The minimum absolute atomic E-state index is 0.199. The number of aromatic nitrogens is 3. The molecule has 0 aliphatic rings. The van der Waals surface area contributed by atoms with Crippen molar-refractivity contribution in [2.24, 2.45) is 0 Å². The number of nitrogens with two attached hydrogens (primary N) is 1. The van der Waals surface area contributed by atoms with E-state index in [0.29, 0.717) is 16.3 Å². The molecule has 4 aromatic heterocycles. The number of thiophene rings is 1. The third kappa shape index (κ3) is 4.65. The molecule has 4 heterocycles. The van der Waals surface area contributed by atoms with Gasteiger partial charge in [0, 0.05) is 18.1 Å². The summed E-state index contributed by atoms with van der Waals surface area (Å²) in [5, 5.41) is 9.74. The molecule has 0 aliphatic heterocycles. The van der Waals surface area contributed by atoms with E-state index in [4.69, 9.17) is 10.7 Å². The number of anilines is 4. The van der Waals surface area contributed by atoms with E-state index in [0.717, 1.165) is 33.7 Å². The second-order valence-electron chi connectivity index (χ2n) is 8.01. The lowest BCUT2D eigenvalue weighted by molar-refractivity contribution is 0.103. The zero-order valence-corrected chi connectivity index (χ0v) is 20.3. The summed E-state index contributed by atoms with van der Waals surface area (Å²) in [5.41, 5.74) is 10.9. The van der Waals surface area contributed by atoms with Crippen LogP contribution in [-0.4, -0.2) is 39.3 Å². The SMILES string of the molecule is CN(C)Cc1ccc2ncc(-c3csc(Nc4ccc(C(=O)Nc5ccccc5N)s4)n3)n2c1. The first-order chi connectivity index (χ1) is 16.5. The number of hydrogen-bond donors (Lipinski definition) is 3. The van der Waals surface area contributed by atoms with Gasteiger partial charge in [0.05, 0.1) is 33.1 Å². The molecule has 0 unspecified atom stereocenters. The maximum Gasteiger partial charge on any atom is 0.265 e. The number of hydrogen-bond acceptors (Lipinski definition) is 8. The number of amides is 1. The maximum atomic E-state index is 12.6. The van der Waals surface area contributed by atoms with Crippen LogP contribution in [0.2, 0.25) is 0 Å². The Labute approximate surface area is 204 Å². The summed E-state index contributed by atoms with van der Waals surface area (Å²) in [6.07, 6.45) is 3.95. The van der Waals surface area contributed by atoms with Crippen LogP contribution in [0.25, 0.3) is 17.0 Å². The van der Waals surface area contributed by atoms with Gasteiger partial charge < -0.3 is 21.3 Å². The number of pyridine rings is 1. The monoisotopic (exact) mass is 489 g/mol. The number of fused-ring (bicyclic) bond motifs is 1. The molecule has 5 rings (SSSR count). The van der Waals surface area contributed by atoms with Gasteiger partial charge in [-0.1, -0.05) is 18.2 Å². The minimum atomic E-state index is -0.199. The average molecular weight is 490 g/mol. The van der Waals surface area contributed by atoms with Crippen LogP contribution in [0, 0.1) is 0 Å². The zero-order valence-electron chi connectivity index (χ0n) is 18.6. The molecular weight excluding hydrogens is 466 g/mol. The fourth-order valence-corrected chi connectivity index (χ4v) is 5.13. The lowest BCUT2D eigenvalue weighted by atomic mass is 10.2. The van der Waals surface area contributed by atoms with Crippen LogP contribution in [0.15, 0.2) is 66.3 Å². The summed E-state index contributed by atoms with van der Waals surface area (Å²) in [6, 6.07) is 15.0. The van der Waals surface area contributed by atoms with Gasteiger partial charge >= 0.3 is 0 Å². The Hall–Kier alpha value is -3.73. The first-order valence-electron chi connectivity index (χ1n) is 10.6. The summed E-state index contributed by atoms with van der Waals surface area (Å²) in [4.78, 5) is 24.6. The fourth-order valence-electron chi connectivity index (χ4n) is 3.55. The molecule has 5 aromatic rings. The number of nitrogens with zero attached hydrogens (tertiary/aromatic N) is 4. The van der Waals surface area contributed by atoms with Crippen molar-refractivity contribution in [3.8, 4) is 11.4 Å². The van der Waals surface area contributed by atoms with Gasteiger partial charge in [0.25, 0.3) is 5.91 Å². The highest BCUT2D eigenvalue weighted by Gasteiger charge is 2.14. The Morgan fingerprint density at radius 1 is 1.15 bits per heavy atom. The van der Waals surface area contributed by atoms with Crippen molar-refractivity contribution in [3.63, 3.8) is 0 Å². The highest BCUT2D eigenvalue weighted by molar-refractivity contribution is 7.19. The highest BCUT2D eigenvalue weighted by atomic mass is 32.1. The van der Waals surface area contributed by atoms with Gasteiger partial charge in [0.1, 0.15) is 11.3 Å². The number of para-hydroxylation sites is 2. The molecule has 0 atom stereocenters. The third-order valence-corrected chi connectivity index (χ3v) is 6.86. The summed E-state index contributed by atoms with van der Waals surface area (Å²) in [7, 11) is 4.10. The van der Waals surface area contributed by atoms with Gasteiger partial charge in [-0.05, 0) is 50.0 Å². The molecule has 1 amide bonds. The summed E-state index contributed by atoms with van der Waals surface area (Å²) >= 11 is 2.86. The summed E-state index contributed by atoms with van der Waals surface area (Å²) in [5.74, 6) is -0.199. The van der Waals surface area contributed by atoms with Gasteiger partial charge in [-0.2, -0.15) is 0 Å². The number of thiazole rings is 1. The van der Waals surface area contributed by atoms with Crippen molar-refractivity contribution in [2.45, 2.75) is 6.54 Å². The smallest absolute Gasteiger partial charge is 0.265 e. The van der Waals surface area contributed by atoms with Gasteiger partial charge in [-0.15, -0.1) is 22.7 Å². The Bertz CT molecular complexity index is 1470. The van der Waals surface area contributed by atoms with Crippen molar-refractivity contribution in [2.75, 3.05) is 30.5 Å². The normalized spacial score (nSPS) is 11.3. The molecule has 0 saturated heterocycles. The topological polar surface area (TPSA) is 101 Å². The van der Waals surface area contributed by atoms with Crippen molar-refractivity contribution in [1.29, 1.82) is 0 Å². The Kier molecular flexibility index (Phi) is 6.01. The highest BCUT2D eigenvalue weighted by Crippen LogP contribution is 2.31. The van der Waals surface area contributed by atoms with Crippen molar-refractivity contribution in [3.05, 3.63) is 76.7 Å². The van der Waals surface area contributed by atoms with E-state index >= 15 is 0 Å². The number of nitrogens with one attached hydrogen (secondary N) is 2. The number of carbonyl (C=O) groups is 1. The van der Waals surface area contributed by atoms with E-state index in [2.05, 4.69) is 37.2 Å². The van der Waals surface area contributed by atoms with E-state index < -0.39 is 0 Å². The number of nitrogen functional groups attached to an aromatic ring is 1. The first-order valence-corrected chi connectivity index (χ1v) is 12.3. The van der Waals surface area contributed by atoms with Gasteiger partial charge in [-0.3, -0.25) is 9.20 Å². The molecule has 34 heavy (non-hydrogen) atoms. The zero-order chi connectivity index (χ0) is 23.7. The van der Waals surface area contributed by atoms with Crippen LogP contribution in [0.5, 0.6) is 0 Å². The van der Waals surface area contributed by atoms with Crippen LogP contribution in [0.3, 0.4) is 0 Å². The molecule has 0 aliphatic carbocycles. The second-order valence-corrected chi connectivity index (χ2v) is 9.96. The molecule has 1 aromatic carbocycles. The molecule has 10 heteroatoms. The largest absolute Gasteiger partial charge is 0.397 e. The average Bonchev–Trinajstić information content (AvgIpc) is 3.55. The van der Waals surface area contributed by atoms with Crippen molar-refractivity contribution in [1.82, 2.24) is 19.3 Å². The van der Waals surface area contributed by atoms with Crippen molar-refractivity contribution >= 4 is 55.7 Å². The second kappa shape index (κ2) is 9.26. The molecule has 4 N–H and O–H groups in total. The molecule has 0 bridgehead atoms. The lowest BCUT2D eigenvalue weighted by Gasteiger charge is -2.10. The van der Waals surface area contributed by atoms with Crippen LogP contribution < -0.4 is 16.4 Å². The summed E-state index contributed by atoms with van der Waals surface area (Å²) in [6.45, 7) is 0.850. The number of carbonyl (C=O) groups excluding carboxylic acids is 1. The number of imidazole rings is 1. The molecule has 0 saturated carbocycles. The Balaban J connectivity index is 1.31. The van der Waals surface area contributed by atoms with E-state index in [1.54, 1.807) is 18.2 Å². The quantitative estimate of drug-likeness (QED) is 0.273. The molecule has 0 radical (unpaired) electrons. The first kappa shape index (κ1) is 22.1. The fraction of sp³-hybridized carbons (Fsp3) is 0.125. The Morgan fingerprint density at radius 3 is 2.82 bits per heavy atom. The number of rotatable bonds is 7. The molecule has 0 fully saturated rings. The van der Waals surface area contributed by atoms with Crippen LogP contribution in [0.4, 0.5) is 21.5 Å².